The maximum absolute atomic E-state index is 4.00. The molecule has 1 saturated heterocycles. The second-order valence-corrected chi connectivity index (χ2v) is 3.07. The monoisotopic (exact) mass is 125 g/mol. The molecule has 0 aromatic rings. The Bertz CT molecular complexity index is 118. The number of hydrogen-bond donors (Lipinski definition) is 0. The Hall–Kier alpha value is -0.300. The zero-order valence-corrected chi connectivity index (χ0v) is 6.35. The summed E-state index contributed by atoms with van der Waals surface area (Å²) in [6.07, 6.45) is 1.19. The van der Waals surface area contributed by atoms with Crippen molar-refractivity contribution in [2.24, 2.45) is 5.92 Å². The lowest BCUT2D eigenvalue weighted by Crippen LogP contribution is -2.31. The molecule has 0 aliphatic carbocycles. The highest BCUT2D eigenvalue weighted by Crippen LogP contribution is 2.18. The van der Waals surface area contributed by atoms with Crippen molar-refractivity contribution in [1.29, 1.82) is 0 Å². The first-order valence-corrected chi connectivity index (χ1v) is 3.56. The van der Waals surface area contributed by atoms with E-state index in [2.05, 4.69) is 25.5 Å². The molecule has 9 heavy (non-hydrogen) atoms. The molecule has 0 spiro atoms. The molecule has 0 saturated carbocycles. The molecular formula is C8H15N. The van der Waals surface area contributed by atoms with E-state index < -0.39 is 0 Å². The van der Waals surface area contributed by atoms with Crippen LogP contribution in [0, 0.1) is 5.92 Å². The molecule has 1 aliphatic heterocycles. The van der Waals surface area contributed by atoms with Crippen LogP contribution in [0.25, 0.3) is 0 Å². The van der Waals surface area contributed by atoms with Crippen LogP contribution in [-0.4, -0.2) is 25.0 Å². The summed E-state index contributed by atoms with van der Waals surface area (Å²) in [6, 6.07) is 0. The van der Waals surface area contributed by atoms with Gasteiger partial charge in [-0.1, -0.05) is 19.1 Å². The SMILES string of the molecule is C=C1CCN(C)C[C@H]1C. The van der Waals surface area contributed by atoms with Crippen LogP contribution in [0.1, 0.15) is 13.3 Å². The number of piperidine rings is 1. The van der Waals surface area contributed by atoms with Crippen molar-refractivity contribution < 1.29 is 0 Å². The van der Waals surface area contributed by atoms with Gasteiger partial charge in [0, 0.05) is 13.1 Å². The topological polar surface area (TPSA) is 3.24 Å². The Labute approximate surface area is 57.4 Å². The average molecular weight is 125 g/mol. The lowest BCUT2D eigenvalue weighted by atomic mass is 9.95. The normalized spacial score (nSPS) is 30.9. The molecule has 0 aromatic carbocycles. The van der Waals surface area contributed by atoms with Crippen molar-refractivity contribution in [2.45, 2.75) is 13.3 Å². The molecule has 1 nitrogen and oxygen atoms in total. The van der Waals surface area contributed by atoms with Crippen molar-refractivity contribution in [3.05, 3.63) is 12.2 Å². The van der Waals surface area contributed by atoms with Gasteiger partial charge in [-0.25, -0.2) is 0 Å². The van der Waals surface area contributed by atoms with E-state index in [1.54, 1.807) is 0 Å². The molecule has 0 amide bonds. The number of hydrogen-bond acceptors (Lipinski definition) is 1. The first kappa shape index (κ1) is 6.81. The molecule has 0 N–H and O–H groups in total. The number of nitrogens with zero attached hydrogens (tertiary/aromatic N) is 1. The van der Waals surface area contributed by atoms with Gasteiger partial charge in [-0.05, 0) is 19.4 Å². The largest absolute Gasteiger partial charge is 0.305 e. The summed E-state index contributed by atoms with van der Waals surface area (Å²) in [4.78, 5) is 2.36. The van der Waals surface area contributed by atoms with Gasteiger partial charge in [0.1, 0.15) is 0 Å². The molecular weight excluding hydrogens is 110 g/mol. The summed E-state index contributed by atoms with van der Waals surface area (Å²) in [5.41, 5.74) is 1.42. The van der Waals surface area contributed by atoms with Gasteiger partial charge >= 0.3 is 0 Å². The highest BCUT2D eigenvalue weighted by molar-refractivity contribution is 5.03. The zero-order valence-electron chi connectivity index (χ0n) is 6.35. The zero-order chi connectivity index (χ0) is 6.85. The molecule has 1 rings (SSSR count). The molecule has 0 bridgehead atoms. The van der Waals surface area contributed by atoms with Crippen LogP contribution < -0.4 is 0 Å². The van der Waals surface area contributed by atoms with E-state index in [-0.39, 0.29) is 0 Å². The van der Waals surface area contributed by atoms with Crippen LogP contribution in [0.15, 0.2) is 12.2 Å². The van der Waals surface area contributed by atoms with Crippen molar-refractivity contribution in [3.8, 4) is 0 Å². The van der Waals surface area contributed by atoms with Gasteiger partial charge in [0.05, 0.1) is 0 Å². The highest BCUT2D eigenvalue weighted by Gasteiger charge is 2.15. The van der Waals surface area contributed by atoms with E-state index in [0.29, 0.717) is 5.92 Å². The molecule has 1 atom stereocenters. The fourth-order valence-corrected chi connectivity index (χ4v) is 1.27. The first-order chi connectivity index (χ1) is 4.20. The third-order valence-electron chi connectivity index (χ3n) is 2.10. The predicted octanol–water partition coefficient (Wildman–Crippen LogP) is 1.51. The summed E-state index contributed by atoms with van der Waals surface area (Å²) in [5, 5.41) is 0. The van der Waals surface area contributed by atoms with E-state index in [1.165, 1.54) is 25.1 Å². The first-order valence-electron chi connectivity index (χ1n) is 3.56. The Morgan fingerprint density at radius 3 is 2.78 bits per heavy atom. The second-order valence-electron chi connectivity index (χ2n) is 3.07. The second kappa shape index (κ2) is 2.53. The van der Waals surface area contributed by atoms with Crippen LogP contribution in [0.4, 0.5) is 0 Å². The minimum Gasteiger partial charge on any atom is -0.305 e. The van der Waals surface area contributed by atoms with E-state index in [1.807, 2.05) is 0 Å². The molecule has 1 heteroatoms. The summed E-state index contributed by atoms with van der Waals surface area (Å²) >= 11 is 0. The van der Waals surface area contributed by atoms with Gasteiger partial charge in [-0.2, -0.15) is 0 Å². The lowest BCUT2D eigenvalue weighted by Gasteiger charge is -2.28. The summed E-state index contributed by atoms with van der Waals surface area (Å²) in [5.74, 6) is 0.712. The Morgan fingerprint density at radius 1 is 1.67 bits per heavy atom. The molecule has 1 fully saturated rings. The average Bonchev–Trinajstić information content (AvgIpc) is 1.80. The number of likely N-dealkylation sites (tertiary alicyclic amines) is 1. The summed E-state index contributed by atoms with van der Waals surface area (Å²) in [6.45, 7) is 8.64. The third-order valence-corrected chi connectivity index (χ3v) is 2.10. The Balaban J connectivity index is 2.44. The summed E-state index contributed by atoms with van der Waals surface area (Å²) < 4.78 is 0. The van der Waals surface area contributed by atoms with Crippen LogP contribution in [-0.2, 0) is 0 Å². The van der Waals surface area contributed by atoms with Gasteiger partial charge in [0.2, 0.25) is 0 Å². The van der Waals surface area contributed by atoms with E-state index in [0.717, 1.165) is 0 Å². The van der Waals surface area contributed by atoms with Crippen molar-refractivity contribution in [1.82, 2.24) is 4.90 Å². The minimum absolute atomic E-state index is 0.712. The quantitative estimate of drug-likeness (QED) is 0.444. The molecule has 0 aromatic heterocycles. The van der Waals surface area contributed by atoms with Gasteiger partial charge < -0.3 is 4.90 Å². The maximum Gasteiger partial charge on any atom is 0.00413 e. The highest BCUT2D eigenvalue weighted by atomic mass is 15.1. The van der Waals surface area contributed by atoms with E-state index in [9.17, 15) is 0 Å². The Morgan fingerprint density at radius 2 is 2.33 bits per heavy atom. The molecule has 0 unspecified atom stereocenters. The maximum atomic E-state index is 4.00. The number of rotatable bonds is 0. The molecule has 1 aliphatic rings. The van der Waals surface area contributed by atoms with Gasteiger partial charge in [0.25, 0.3) is 0 Å². The third kappa shape index (κ3) is 1.55. The van der Waals surface area contributed by atoms with Gasteiger partial charge in [-0.15, -0.1) is 0 Å². The van der Waals surface area contributed by atoms with Gasteiger partial charge in [-0.3, -0.25) is 0 Å². The smallest absolute Gasteiger partial charge is 0.00413 e. The fourth-order valence-electron chi connectivity index (χ4n) is 1.27. The van der Waals surface area contributed by atoms with E-state index >= 15 is 0 Å². The fraction of sp³-hybridized carbons (Fsp3) is 0.750. The van der Waals surface area contributed by atoms with Crippen LogP contribution in [0.5, 0.6) is 0 Å². The summed E-state index contributed by atoms with van der Waals surface area (Å²) in [7, 11) is 2.17. The van der Waals surface area contributed by atoms with Gasteiger partial charge in [0.15, 0.2) is 0 Å². The van der Waals surface area contributed by atoms with E-state index in [4.69, 9.17) is 0 Å². The van der Waals surface area contributed by atoms with Crippen LogP contribution in [0.3, 0.4) is 0 Å². The lowest BCUT2D eigenvalue weighted by molar-refractivity contribution is 0.268. The van der Waals surface area contributed by atoms with Crippen LogP contribution >= 0.6 is 0 Å². The molecule has 0 radical (unpaired) electrons. The standard InChI is InChI=1S/C8H15N/c1-7-4-5-9(3)6-8(7)2/h8H,1,4-6H2,2-3H3/t8-/m1/s1. The Kier molecular flexibility index (Phi) is 1.91. The van der Waals surface area contributed by atoms with Crippen molar-refractivity contribution >= 4 is 0 Å². The van der Waals surface area contributed by atoms with Crippen molar-refractivity contribution in [2.75, 3.05) is 20.1 Å². The predicted molar refractivity (Wildman–Crippen MR) is 40.4 cm³/mol. The van der Waals surface area contributed by atoms with Crippen LogP contribution in [0.2, 0.25) is 0 Å². The minimum atomic E-state index is 0.712. The molecule has 52 valence electrons. The van der Waals surface area contributed by atoms with Crippen molar-refractivity contribution in [3.63, 3.8) is 0 Å². The molecule has 1 heterocycles.